The van der Waals surface area contributed by atoms with E-state index < -0.39 is 5.41 Å². The van der Waals surface area contributed by atoms with Crippen LogP contribution in [0.4, 0.5) is 0 Å². The van der Waals surface area contributed by atoms with Crippen LogP contribution in [0.5, 0.6) is 11.5 Å². The molecule has 0 spiro atoms. The van der Waals surface area contributed by atoms with Gasteiger partial charge < -0.3 is 9.47 Å². The standard InChI is InChI=1S/C34H34BrNO4/c1-39-31-18-15-27(22-32(31)40-30-11-5-6-12-30)34(19-7-10-29(37)23-34)20-21-36(24-25-13-16-28(35)17-14-25)33(38)26-8-3-2-4-9-26/h2-4,8-9,13-18,22,30H,5-7,10-12,19,23-24H2,1H3. The molecule has 3 aromatic carbocycles. The minimum absolute atomic E-state index is 0.170. The number of methoxy groups -OCH3 is 1. The first-order valence-corrected chi connectivity index (χ1v) is 14.8. The second-order valence-corrected chi connectivity index (χ2v) is 11.6. The number of ether oxygens (including phenoxy) is 2. The highest BCUT2D eigenvalue weighted by Gasteiger charge is 2.37. The van der Waals surface area contributed by atoms with E-state index in [1.54, 1.807) is 24.1 Å². The zero-order valence-electron chi connectivity index (χ0n) is 22.8. The molecule has 206 valence electrons. The van der Waals surface area contributed by atoms with Gasteiger partial charge in [0.15, 0.2) is 11.5 Å². The minimum Gasteiger partial charge on any atom is -0.493 e. The van der Waals surface area contributed by atoms with Crippen molar-refractivity contribution in [3.63, 3.8) is 0 Å². The van der Waals surface area contributed by atoms with Crippen molar-refractivity contribution in [2.45, 2.75) is 69.4 Å². The van der Waals surface area contributed by atoms with Crippen LogP contribution < -0.4 is 9.47 Å². The Hall–Kier alpha value is -3.56. The molecular formula is C34H34BrNO4. The van der Waals surface area contributed by atoms with Gasteiger partial charge in [-0.3, -0.25) is 14.5 Å². The number of halogens is 1. The van der Waals surface area contributed by atoms with Crippen molar-refractivity contribution in [2.75, 3.05) is 7.11 Å². The van der Waals surface area contributed by atoms with Crippen LogP contribution in [-0.2, 0) is 16.8 Å². The van der Waals surface area contributed by atoms with Crippen molar-refractivity contribution in [1.82, 2.24) is 4.90 Å². The maximum absolute atomic E-state index is 13.6. The van der Waals surface area contributed by atoms with Gasteiger partial charge in [0.1, 0.15) is 5.78 Å². The Morgan fingerprint density at radius 1 is 1.00 bits per heavy atom. The van der Waals surface area contributed by atoms with E-state index in [2.05, 4.69) is 27.9 Å². The Labute approximate surface area is 245 Å². The summed E-state index contributed by atoms with van der Waals surface area (Å²) in [6.07, 6.45) is 6.90. The van der Waals surface area contributed by atoms with Gasteiger partial charge in [0.05, 0.1) is 25.2 Å². The molecule has 1 atom stereocenters. The van der Waals surface area contributed by atoms with Gasteiger partial charge >= 0.3 is 0 Å². The lowest BCUT2D eigenvalue weighted by atomic mass is 9.69. The van der Waals surface area contributed by atoms with Crippen molar-refractivity contribution in [3.8, 4) is 23.5 Å². The second-order valence-electron chi connectivity index (χ2n) is 10.7. The topological polar surface area (TPSA) is 55.8 Å². The molecule has 2 aliphatic carbocycles. The summed E-state index contributed by atoms with van der Waals surface area (Å²) < 4.78 is 13.0. The smallest absolute Gasteiger partial charge is 0.265 e. The summed E-state index contributed by atoms with van der Waals surface area (Å²) in [6.45, 7) is 0.330. The van der Waals surface area contributed by atoms with Crippen molar-refractivity contribution < 1.29 is 19.1 Å². The number of nitrogens with zero attached hydrogens (tertiary/aromatic N) is 1. The average Bonchev–Trinajstić information content (AvgIpc) is 3.49. The van der Waals surface area contributed by atoms with Crippen molar-refractivity contribution in [3.05, 3.63) is 94.0 Å². The highest BCUT2D eigenvalue weighted by Crippen LogP contribution is 2.42. The predicted molar refractivity (Wildman–Crippen MR) is 159 cm³/mol. The summed E-state index contributed by atoms with van der Waals surface area (Å²) in [7, 11) is 1.64. The van der Waals surface area contributed by atoms with Gasteiger partial charge in [0, 0.05) is 28.9 Å². The SMILES string of the molecule is COc1ccc(C2(C#CN(Cc3ccc(Br)cc3)C(=O)c3ccccc3)CCCC(=O)C2)cc1OC1CCCC1. The molecule has 0 heterocycles. The van der Waals surface area contributed by atoms with Crippen molar-refractivity contribution in [1.29, 1.82) is 0 Å². The zero-order valence-corrected chi connectivity index (χ0v) is 24.4. The molecule has 0 N–H and O–H groups in total. The number of hydrogen-bond acceptors (Lipinski definition) is 4. The fourth-order valence-corrected chi connectivity index (χ4v) is 5.89. The molecule has 0 radical (unpaired) electrons. The third kappa shape index (κ3) is 6.59. The summed E-state index contributed by atoms with van der Waals surface area (Å²) in [4.78, 5) is 28.1. The molecule has 2 aliphatic rings. The Kier molecular flexibility index (Phi) is 8.91. The quantitative estimate of drug-likeness (QED) is 0.209. The van der Waals surface area contributed by atoms with Crippen LogP contribution in [0.2, 0.25) is 0 Å². The Morgan fingerprint density at radius 3 is 2.45 bits per heavy atom. The molecule has 40 heavy (non-hydrogen) atoms. The number of carbonyl (C=O) groups is 2. The van der Waals surface area contributed by atoms with Crippen LogP contribution in [0.1, 0.15) is 72.9 Å². The minimum atomic E-state index is -0.718. The summed E-state index contributed by atoms with van der Waals surface area (Å²) in [6, 6.07) is 26.2. The van der Waals surface area contributed by atoms with E-state index >= 15 is 0 Å². The Bertz CT molecular complexity index is 1400. The number of Topliss-reactive ketones (excluding diaryl/α,β-unsaturated/α-hetero) is 1. The van der Waals surface area contributed by atoms with Crippen LogP contribution in [0.3, 0.4) is 0 Å². The van der Waals surface area contributed by atoms with Crippen LogP contribution in [0, 0.1) is 12.0 Å². The third-order valence-electron chi connectivity index (χ3n) is 7.82. The van der Waals surface area contributed by atoms with Gasteiger partial charge in [-0.15, -0.1) is 0 Å². The van der Waals surface area contributed by atoms with Crippen LogP contribution in [0.25, 0.3) is 0 Å². The highest BCUT2D eigenvalue weighted by molar-refractivity contribution is 9.10. The van der Waals surface area contributed by atoms with Gasteiger partial charge in [-0.1, -0.05) is 58.2 Å². The fourth-order valence-electron chi connectivity index (χ4n) is 5.62. The lowest BCUT2D eigenvalue weighted by Crippen LogP contribution is -2.33. The van der Waals surface area contributed by atoms with E-state index in [4.69, 9.17) is 9.47 Å². The van der Waals surface area contributed by atoms with Gasteiger partial charge in [-0.05, 0) is 86.1 Å². The number of hydrogen-bond donors (Lipinski definition) is 0. The van der Waals surface area contributed by atoms with E-state index in [9.17, 15) is 9.59 Å². The molecule has 0 saturated heterocycles. The summed E-state index contributed by atoms with van der Waals surface area (Å²) in [5.74, 6) is 4.83. The number of benzene rings is 3. The molecule has 6 heteroatoms. The summed E-state index contributed by atoms with van der Waals surface area (Å²) in [5.41, 5.74) is 1.74. The van der Waals surface area contributed by atoms with Crippen LogP contribution in [-0.4, -0.2) is 29.8 Å². The van der Waals surface area contributed by atoms with Gasteiger partial charge in [-0.25, -0.2) is 0 Å². The van der Waals surface area contributed by atoms with Gasteiger partial charge in [-0.2, -0.15) is 0 Å². The molecule has 0 aliphatic heterocycles. The molecule has 0 bridgehead atoms. The summed E-state index contributed by atoms with van der Waals surface area (Å²) in [5, 5.41) is 0. The molecule has 5 nitrogen and oxygen atoms in total. The fraction of sp³-hybridized carbons (Fsp3) is 0.353. The molecule has 1 unspecified atom stereocenters. The van der Waals surface area contributed by atoms with E-state index in [0.29, 0.717) is 36.4 Å². The zero-order chi connectivity index (χ0) is 28.0. The Balaban J connectivity index is 1.54. The number of carbonyl (C=O) groups excluding carboxylic acids is 2. The van der Waals surface area contributed by atoms with Gasteiger partial charge in [0.25, 0.3) is 5.91 Å². The first-order chi connectivity index (χ1) is 19.5. The largest absolute Gasteiger partial charge is 0.493 e. The van der Waals surface area contributed by atoms with Crippen molar-refractivity contribution >= 4 is 27.6 Å². The Morgan fingerprint density at radius 2 is 1.75 bits per heavy atom. The normalized spacial score (nSPS) is 19.0. The van der Waals surface area contributed by atoms with E-state index in [1.165, 1.54) is 12.8 Å². The molecule has 1 amide bonds. The highest BCUT2D eigenvalue weighted by atomic mass is 79.9. The molecule has 2 saturated carbocycles. The predicted octanol–water partition coefficient (Wildman–Crippen LogP) is 7.46. The monoisotopic (exact) mass is 599 g/mol. The first-order valence-electron chi connectivity index (χ1n) is 14.0. The molecule has 0 aromatic heterocycles. The van der Waals surface area contributed by atoms with Crippen molar-refractivity contribution in [2.24, 2.45) is 0 Å². The number of rotatable bonds is 7. The molecule has 3 aromatic rings. The van der Waals surface area contributed by atoms with E-state index in [1.807, 2.05) is 60.7 Å². The lowest BCUT2D eigenvalue weighted by Gasteiger charge is -2.33. The average molecular weight is 601 g/mol. The number of ketones is 1. The van der Waals surface area contributed by atoms with E-state index in [-0.39, 0.29) is 17.8 Å². The number of amides is 1. The van der Waals surface area contributed by atoms with Gasteiger partial charge in [0.2, 0.25) is 0 Å². The molecular weight excluding hydrogens is 566 g/mol. The molecule has 2 fully saturated rings. The lowest BCUT2D eigenvalue weighted by molar-refractivity contribution is -0.121. The third-order valence-corrected chi connectivity index (χ3v) is 8.35. The molecule has 5 rings (SSSR count). The summed E-state index contributed by atoms with van der Waals surface area (Å²) >= 11 is 3.48. The van der Waals surface area contributed by atoms with Crippen LogP contribution >= 0.6 is 15.9 Å². The first kappa shape index (κ1) is 28.0. The maximum Gasteiger partial charge on any atom is 0.265 e. The van der Waals surface area contributed by atoms with Crippen LogP contribution in [0.15, 0.2) is 77.3 Å². The maximum atomic E-state index is 13.6. The second kappa shape index (κ2) is 12.7. The van der Waals surface area contributed by atoms with E-state index in [0.717, 1.165) is 41.3 Å².